The molecule has 0 aromatic heterocycles. The highest BCUT2D eigenvalue weighted by Crippen LogP contribution is 2.28. The first-order valence-corrected chi connectivity index (χ1v) is 9.50. The predicted octanol–water partition coefficient (Wildman–Crippen LogP) is 2.99. The van der Waals surface area contributed by atoms with E-state index in [0.717, 1.165) is 49.9 Å². The molecule has 1 aromatic rings. The number of carbonyl (C=O) groups excluding carboxylic acids is 2. The molecule has 1 saturated carbocycles. The molecule has 26 heavy (non-hydrogen) atoms. The summed E-state index contributed by atoms with van der Waals surface area (Å²) in [5.74, 6) is 0.472. The standard InChI is InChI=1S/C20H26N4O2/c1-2-16-13-15(14-21)7-8-18(16)22-20(26)24-10-4-9-23(11-12-24)19(25)17-5-3-6-17/h7-8,13,17H,2-6,9-12H2,1H3,(H,22,26). The van der Waals surface area contributed by atoms with Gasteiger partial charge in [-0.1, -0.05) is 13.3 Å². The Bertz CT molecular complexity index is 721. The minimum absolute atomic E-state index is 0.137. The van der Waals surface area contributed by atoms with Gasteiger partial charge in [0.05, 0.1) is 11.6 Å². The van der Waals surface area contributed by atoms with Crippen molar-refractivity contribution in [1.82, 2.24) is 9.80 Å². The number of rotatable bonds is 3. The van der Waals surface area contributed by atoms with Gasteiger partial charge in [-0.05, 0) is 49.4 Å². The van der Waals surface area contributed by atoms with E-state index in [4.69, 9.17) is 5.26 Å². The monoisotopic (exact) mass is 354 g/mol. The molecule has 1 saturated heterocycles. The summed E-state index contributed by atoms with van der Waals surface area (Å²) in [5, 5.41) is 12.0. The topological polar surface area (TPSA) is 76.4 Å². The van der Waals surface area contributed by atoms with Crippen LogP contribution in [0, 0.1) is 17.2 Å². The van der Waals surface area contributed by atoms with Crippen LogP contribution in [0.4, 0.5) is 10.5 Å². The van der Waals surface area contributed by atoms with E-state index in [1.54, 1.807) is 17.0 Å². The maximum atomic E-state index is 12.7. The van der Waals surface area contributed by atoms with Crippen LogP contribution in [0.5, 0.6) is 0 Å². The number of benzene rings is 1. The minimum Gasteiger partial charge on any atom is -0.341 e. The van der Waals surface area contributed by atoms with Crippen molar-refractivity contribution in [2.24, 2.45) is 5.92 Å². The number of amides is 3. The molecular weight excluding hydrogens is 328 g/mol. The number of nitrogens with zero attached hydrogens (tertiary/aromatic N) is 3. The first-order valence-electron chi connectivity index (χ1n) is 9.50. The molecule has 6 nitrogen and oxygen atoms in total. The molecule has 0 spiro atoms. The maximum Gasteiger partial charge on any atom is 0.321 e. The number of nitrogens with one attached hydrogen (secondary N) is 1. The highest BCUT2D eigenvalue weighted by Gasteiger charge is 2.31. The Hall–Kier alpha value is -2.55. The van der Waals surface area contributed by atoms with Gasteiger partial charge < -0.3 is 15.1 Å². The van der Waals surface area contributed by atoms with Crippen LogP contribution in [0.25, 0.3) is 0 Å². The Morgan fingerprint density at radius 1 is 1.15 bits per heavy atom. The van der Waals surface area contributed by atoms with E-state index in [0.29, 0.717) is 25.2 Å². The van der Waals surface area contributed by atoms with Crippen molar-refractivity contribution in [3.05, 3.63) is 29.3 Å². The van der Waals surface area contributed by atoms with Gasteiger partial charge in [0.25, 0.3) is 0 Å². The van der Waals surface area contributed by atoms with E-state index in [9.17, 15) is 9.59 Å². The van der Waals surface area contributed by atoms with Crippen molar-refractivity contribution < 1.29 is 9.59 Å². The second-order valence-corrected chi connectivity index (χ2v) is 7.06. The number of nitriles is 1. The van der Waals surface area contributed by atoms with Crippen LogP contribution in [0.2, 0.25) is 0 Å². The lowest BCUT2D eigenvalue weighted by atomic mass is 9.84. The lowest BCUT2D eigenvalue weighted by Gasteiger charge is -2.31. The maximum absolute atomic E-state index is 12.7. The van der Waals surface area contributed by atoms with Gasteiger partial charge in [-0.2, -0.15) is 5.26 Å². The van der Waals surface area contributed by atoms with Crippen LogP contribution in [0.3, 0.4) is 0 Å². The van der Waals surface area contributed by atoms with Gasteiger partial charge in [-0.15, -0.1) is 0 Å². The summed E-state index contributed by atoms with van der Waals surface area (Å²) < 4.78 is 0. The average molecular weight is 354 g/mol. The molecule has 138 valence electrons. The van der Waals surface area contributed by atoms with Crippen LogP contribution in [-0.2, 0) is 11.2 Å². The van der Waals surface area contributed by atoms with Gasteiger partial charge >= 0.3 is 6.03 Å². The van der Waals surface area contributed by atoms with E-state index in [2.05, 4.69) is 11.4 Å². The van der Waals surface area contributed by atoms with Crippen molar-refractivity contribution in [2.45, 2.75) is 39.0 Å². The van der Waals surface area contributed by atoms with Crippen LogP contribution < -0.4 is 5.32 Å². The summed E-state index contributed by atoms with van der Waals surface area (Å²) in [5.41, 5.74) is 2.30. The summed E-state index contributed by atoms with van der Waals surface area (Å²) in [6.45, 7) is 4.55. The zero-order valence-electron chi connectivity index (χ0n) is 15.3. The third-order valence-electron chi connectivity index (χ3n) is 5.41. The summed E-state index contributed by atoms with van der Waals surface area (Å²) in [7, 11) is 0. The molecule has 1 aliphatic heterocycles. The lowest BCUT2D eigenvalue weighted by Crippen LogP contribution is -2.42. The minimum atomic E-state index is -0.137. The predicted molar refractivity (Wildman–Crippen MR) is 99.7 cm³/mol. The SMILES string of the molecule is CCc1cc(C#N)ccc1NC(=O)N1CCCN(C(=O)C2CCC2)CC1. The summed E-state index contributed by atoms with van der Waals surface area (Å²) >= 11 is 0. The summed E-state index contributed by atoms with van der Waals surface area (Å²) in [4.78, 5) is 28.8. The molecule has 3 rings (SSSR count). The zero-order chi connectivity index (χ0) is 18.5. The average Bonchev–Trinajstić information content (AvgIpc) is 2.86. The third-order valence-corrected chi connectivity index (χ3v) is 5.41. The Kier molecular flexibility index (Phi) is 5.77. The van der Waals surface area contributed by atoms with Gasteiger partial charge in [0.15, 0.2) is 0 Å². The molecule has 1 aromatic carbocycles. The fourth-order valence-corrected chi connectivity index (χ4v) is 3.53. The largest absolute Gasteiger partial charge is 0.341 e. The molecule has 6 heteroatoms. The quantitative estimate of drug-likeness (QED) is 0.906. The van der Waals surface area contributed by atoms with Crippen molar-refractivity contribution in [1.29, 1.82) is 5.26 Å². The number of urea groups is 1. The summed E-state index contributed by atoms with van der Waals surface area (Å²) in [6, 6.07) is 7.32. The first kappa shape index (κ1) is 18.2. The smallest absolute Gasteiger partial charge is 0.321 e. The zero-order valence-corrected chi connectivity index (χ0v) is 15.3. The Balaban J connectivity index is 1.60. The molecule has 1 aliphatic carbocycles. The number of anilines is 1. The molecular formula is C20H26N4O2. The van der Waals surface area contributed by atoms with Crippen molar-refractivity contribution in [3.8, 4) is 6.07 Å². The van der Waals surface area contributed by atoms with E-state index < -0.39 is 0 Å². The van der Waals surface area contributed by atoms with Gasteiger partial charge in [-0.3, -0.25) is 4.79 Å². The summed E-state index contributed by atoms with van der Waals surface area (Å²) in [6.07, 6.45) is 4.73. The molecule has 1 heterocycles. The fourth-order valence-electron chi connectivity index (χ4n) is 3.53. The Morgan fingerprint density at radius 3 is 2.54 bits per heavy atom. The molecule has 0 radical (unpaired) electrons. The number of carbonyl (C=O) groups is 2. The highest BCUT2D eigenvalue weighted by atomic mass is 16.2. The van der Waals surface area contributed by atoms with Gasteiger partial charge in [0, 0.05) is 37.8 Å². The molecule has 1 N–H and O–H groups in total. The van der Waals surface area contributed by atoms with Gasteiger partial charge in [-0.25, -0.2) is 4.79 Å². The van der Waals surface area contributed by atoms with Crippen LogP contribution in [0.15, 0.2) is 18.2 Å². The fraction of sp³-hybridized carbons (Fsp3) is 0.550. The molecule has 0 atom stereocenters. The number of hydrogen-bond donors (Lipinski definition) is 1. The van der Waals surface area contributed by atoms with E-state index >= 15 is 0 Å². The highest BCUT2D eigenvalue weighted by molar-refractivity contribution is 5.90. The molecule has 2 aliphatic rings. The van der Waals surface area contributed by atoms with Gasteiger partial charge in [0.1, 0.15) is 0 Å². The third kappa shape index (κ3) is 3.98. The first-order chi connectivity index (χ1) is 12.6. The van der Waals surface area contributed by atoms with Crippen LogP contribution >= 0.6 is 0 Å². The Labute approximate surface area is 154 Å². The number of hydrogen-bond acceptors (Lipinski definition) is 3. The number of aryl methyl sites for hydroxylation is 1. The van der Waals surface area contributed by atoms with Crippen LogP contribution in [0.1, 0.15) is 43.7 Å². The van der Waals surface area contributed by atoms with E-state index in [1.807, 2.05) is 17.9 Å². The van der Waals surface area contributed by atoms with E-state index in [-0.39, 0.29) is 17.9 Å². The van der Waals surface area contributed by atoms with Crippen molar-refractivity contribution in [2.75, 3.05) is 31.5 Å². The Morgan fingerprint density at radius 2 is 1.88 bits per heavy atom. The second kappa shape index (κ2) is 8.22. The van der Waals surface area contributed by atoms with Crippen molar-refractivity contribution in [3.63, 3.8) is 0 Å². The molecule has 3 amide bonds. The molecule has 0 bridgehead atoms. The second-order valence-electron chi connectivity index (χ2n) is 7.06. The van der Waals surface area contributed by atoms with E-state index in [1.165, 1.54) is 0 Å². The van der Waals surface area contributed by atoms with Crippen molar-refractivity contribution >= 4 is 17.6 Å². The molecule has 0 unspecified atom stereocenters. The van der Waals surface area contributed by atoms with Gasteiger partial charge in [0.2, 0.25) is 5.91 Å². The van der Waals surface area contributed by atoms with Crippen LogP contribution in [-0.4, -0.2) is 47.9 Å². The lowest BCUT2D eigenvalue weighted by molar-refractivity contribution is -0.138. The normalized spacial score (nSPS) is 17.8. The molecule has 2 fully saturated rings.